The summed E-state index contributed by atoms with van der Waals surface area (Å²) in [5.41, 5.74) is 1.91. The van der Waals surface area contributed by atoms with Crippen molar-refractivity contribution >= 4 is 23.5 Å². The van der Waals surface area contributed by atoms with E-state index in [0.29, 0.717) is 16.1 Å². The third kappa shape index (κ3) is 3.10. The van der Waals surface area contributed by atoms with E-state index in [1.165, 1.54) is 9.80 Å². The topological polar surface area (TPSA) is 64.4 Å². The summed E-state index contributed by atoms with van der Waals surface area (Å²) >= 11 is 6.12. The van der Waals surface area contributed by atoms with Gasteiger partial charge in [0.15, 0.2) is 0 Å². The van der Waals surface area contributed by atoms with Crippen molar-refractivity contribution in [3.8, 4) is 6.07 Å². The molecule has 0 aliphatic carbocycles. The van der Waals surface area contributed by atoms with E-state index >= 15 is 0 Å². The molecular formula is C18H14ClN3O2. The Hall–Kier alpha value is -2.84. The van der Waals surface area contributed by atoms with Gasteiger partial charge in [0.1, 0.15) is 6.54 Å². The number of carbonyl (C=O) groups is 2. The van der Waals surface area contributed by atoms with Gasteiger partial charge in [-0.2, -0.15) is 5.26 Å². The number of hydrogen-bond donors (Lipinski definition) is 0. The Bertz CT molecular complexity index is 844. The van der Waals surface area contributed by atoms with Gasteiger partial charge in [-0.15, -0.1) is 0 Å². The molecule has 0 spiro atoms. The Balaban J connectivity index is 1.77. The largest absolute Gasteiger partial charge is 0.327 e. The number of benzene rings is 2. The lowest BCUT2D eigenvalue weighted by Crippen LogP contribution is -2.32. The first kappa shape index (κ1) is 16.0. The van der Waals surface area contributed by atoms with Crippen molar-refractivity contribution in [2.45, 2.75) is 13.1 Å². The summed E-state index contributed by atoms with van der Waals surface area (Å²) in [5.74, 6) is -0.278. The van der Waals surface area contributed by atoms with Gasteiger partial charge >= 0.3 is 6.03 Å². The molecule has 1 aliphatic rings. The minimum atomic E-state index is -0.368. The lowest BCUT2D eigenvalue weighted by Gasteiger charge is -2.18. The van der Waals surface area contributed by atoms with E-state index < -0.39 is 0 Å². The molecule has 6 heteroatoms. The molecule has 120 valence electrons. The Morgan fingerprint density at radius 3 is 2.38 bits per heavy atom. The summed E-state index contributed by atoms with van der Waals surface area (Å²) in [6.07, 6.45) is 0. The molecule has 0 atom stereocenters. The maximum absolute atomic E-state index is 12.5. The van der Waals surface area contributed by atoms with E-state index in [2.05, 4.69) is 6.07 Å². The normalized spacial score (nSPS) is 14.2. The average Bonchev–Trinajstić information content (AvgIpc) is 2.85. The van der Waals surface area contributed by atoms with Gasteiger partial charge in [0.2, 0.25) is 0 Å². The molecule has 3 rings (SSSR count). The molecular weight excluding hydrogens is 326 g/mol. The van der Waals surface area contributed by atoms with Gasteiger partial charge in [-0.25, -0.2) is 4.79 Å². The number of hydrogen-bond acceptors (Lipinski definition) is 3. The van der Waals surface area contributed by atoms with Gasteiger partial charge in [0.25, 0.3) is 5.91 Å². The summed E-state index contributed by atoms with van der Waals surface area (Å²) in [7, 11) is 0. The lowest BCUT2D eigenvalue weighted by atomic mass is 10.1. The number of rotatable bonds is 4. The number of imide groups is 1. The van der Waals surface area contributed by atoms with E-state index in [4.69, 9.17) is 16.9 Å². The minimum Gasteiger partial charge on any atom is -0.311 e. The Morgan fingerprint density at radius 2 is 1.67 bits per heavy atom. The highest BCUT2D eigenvalue weighted by molar-refractivity contribution is 6.31. The van der Waals surface area contributed by atoms with Gasteiger partial charge in [-0.05, 0) is 23.3 Å². The summed E-state index contributed by atoms with van der Waals surface area (Å²) in [4.78, 5) is 27.4. The maximum atomic E-state index is 12.5. The smallest absolute Gasteiger partial charge is 0.311 e. The van der Waals surface area contributed by atoms with Crippen molar-refractivity contribution in [1.29, 1.82) is 5.26 Å². The highest BCUT2D eigenvalue weighted by atomic mass is 35.5. The van der Waals surface area contributed by atoms with Crippen molar-refractivity contribution in [2.75, 3.05) is 6.54 Å². The van der Waals surface area contributed by atoms with Crippen LogP contribution in [0, 0.1) is 11.3 Å². The molecule has 1 saturated heterocycles. The van der Waals surface area contributed by atoms with E-state index in [1.54, 1.807) is 30.3 Å². The molecule has 2 aromatic carbocycles. The zero-order valence-corrected chi connectivity index (χ0v) is 13.5. The second kappa shape index (κ2) is 6.73. The zero-order valence-electron chi connectivity index (χ0n) is 12.8. The van der Waals surface area contributed by atoms with Crippen molar-refractivity contribution in [1.82, 2.24) is 9.80 Å². The summed E-state index contributed by atoms with van der Waals surface area (Å²) in [5, 5.41) is 9.70. The van der Waals surface area contributed by atoms with Crippen LogP contribution in [0.15, 0.2) is 48.5 Å². The van der Waals surface area contributed by atoms with Gasteiger partial charge < -0.3 is 4.90 Å². The molecule has 5 nitrogen and oxygen atoms in total. The second-order valence-corrected chi connectivity index (χ2v) is 5.89. The lowest BCUT2D eigenvalue weighted by molar-refractivity contribution is -0.125. The van der Waals surface area contributed by atoms with Gasteiger partial charge in [0.05, 0.1) is 18.2 Å². The van der Waals surface area contributed by atoms with Crippen LogP contribution in [-0.2, 0) is 17.9 Å². The molecule has 3 amide bonds. The molecule has 1 aliphatic heterocycles. The third-order valence-electron chi connectivity index (χ3n) is 3.91. The predicted molar refractivity (Wildman–Crippen MR) is 89.0 cm³/mol. The van der Waals surface area contributed by atoms with E-state index in [-0.39, 0.29) is 31.6 Å². The van der Waals surface area contributed by atoms with Crippen LogP contribution in [0.5, 0.6) is 0 Å². The highest BCUT2D eigenvalue weighted by Gasteiger charge is 2.36. The van der Waals surface area contributed by atoms with Crippen LogP contribution in [0.25, 0.3) is 0 Å². The molecule has 24 heavy (non-hydrogen) atoms. The molecule has 1 fully saturated rings. The number of urea groups is 1. The standard InChI is InChI=1S/C18H14ClN3O2/c19-16-8-4-3-7-15(16)10-21-12-17(23)22(18(21)24)11-14-6-2-1-5-13(14)9-20/h1-8H,10-12H2. The van der Waals surface area contributed by atoms with Crippen LogP contribution in [-0.4, -0.2) is 28.3 Å². The van der Waals surface area contributed by atoms with E-state index in [9.17, 15) is 9.59 Å². The van der Waals surface area contributed by atoms with Crippen LogP contribution in [0.4, 0.5) is 4.79 Å². The number of halogens is 1. The predicted octanol–water partition coefficient (Wildman–Crippen LogP) is 3.18. The van der Waals surface area contributed by atoms with Gasteiger partial charge in [0, 0.05) is 11.6 Å². The van der Waals surface area contributed by atoms with Crippen molar-refractivity contribution in [2.24, 2.45) is 0 Å². The van der Waals surface area contributed by atoms with Gasteiger partial charge in [-0.1, -0.05) is 48.0 Å². The maximum Gasteiger partial charge on any atom is 0.327 e. The number of nitrogens with zero attached hydrogens (tertiary/aromatic N) is 3. The third-order valence-corrected chi connectivity index (χ3v) is 4.28. The zero-order chi connectivity index (χ0) is 17.1. The van der Waals surface area contributed by atoms with Crippen LogP contribution in [0.2, 0.25) is 5.02 Å². The second-order valence-electron chi connectivity index (χ2n) is 5.48. The fraction of sp³-hybridized carbons (Fsp3) is 0.167. The molecule has 0 bridgehead atoms. The van der Waals surface area contributed by atoms with Crippen LogP contribution in [0.1, 0.15) is 16.7 Å². The first-order chi connectivity index (χ1) is 11.6. The monoisotopic (exact) mass is 339 g/mol. The summed E-state index contributed by atoms with van der Waals surface area (Å²) in [6.45, 7) is 0.389. The summed E-state index contributed by atoms with van der Waals surface area (Å²) in [6, 6.07) is 15.9. The van der Waals surface area contributed by atoms with Crippen molar-refractivity contribution in [3.63, 3.8) is 0 Å². The SMILES string of the molecule is N#Cc1ccccc1CN1C(=O)CN(Cc2ccccc2Cl)C1=O. The first-order valence-electron chi connectivity index (χ1n) is 7.41. The van der Waals surface area contributed by atoms with Gasteiger partial charge in [-0.3, -0.25) is 9.69 Å². The summed E-state index contributed by atoms with van der Waals surface area (Å²) < 4.78 is 0. The number of nitriles is 1. The quantitative estimate of drug-likeness (QED) is 0.804. The number of amides is 3. The Kier molecular flexibility index (Phi) is 4.50. The molecule has 0 N–H and O–H groups in total. The molecule has 0 unspecified atom stereocenters. The van der Waals surface area contributed by atoms with Crippen LogP contribution >= 0.6 is 11.6 Å². The van der Waals surface area contributed by atoms with Crippen LogP contribution in [0.3, 0.4) is 0 Å². The van der Waals surface area contributed by atoms with E-state index in [0.717, 1.165) is 5.56 Å². The first-order valence-corrected chi connectivity index (χ1v) is 7.78. The molecule has 0 aromatic heterocycles. The fourth-order valence-electron chi connectivity index (χ4n) is 2.64. The molecule has 0 saturated carbocycles. The van der Waals surface area contributed by atoms with Crippen LogP contribution < -0.4 is 0 Å². The minimum absolute atomic E-state index is 0.0127. The highest BCUT2D eigenvalue weighted by Crippen LogP contribution is 2.22. The Morgan fingerprint density at radius 1 is 1.00 bits per heavy atom. The van der Waals surface area contributed by atoms with E-state index in [1.807, 2.05) is 18.2 Å². The average molecular weight is 340 g/mol. The molecule has 1 heterocycles. The van der Waals surface area contributed by atoms with Crippen molar-refractivity contribution in [3.05, 3.63) is 70.2 Å². The fourth-order valence-corrected chi connectivity index (χ4v) is 2.84. The Labute approximate surface area is 144 Å². The molecule has 2 aromatic rings. The molecule has 0 radical (unpaired) electrons. The van der Waals surface area contributed by atoms with Crippen molar-refractivity contribution < 1.29 is 9.59 Å². The number of carbonyl (C=O) groups excluding carboxylic acids is 2.